The summed E-state index contributed by atoms with van der Waals surface area (Å²) in [6, 6.07) is 0.647. The van der Waals surface area contributed by atoms with E-state index >= 15 is 0 Å². The number of nitrogens with zero attached hydrogens (tertiary/aromatic N) is 3. The lowest BCUT2D eigenvalue weighted by molar-refractivity contribution is 0.844. The van der Waals surface area contributed by atoms with Crippen molar-refractivity contribution in [1.82, 2.24) is 15.0 Å². The van der Waals surface area contributed by atoms with Crippen LogP contribution < -0.4 is 10.6 Å². The molecular formula is C9H17N5. The van der Waals surface area contributed by atoms with Crippen molar-refractivity contribution in [3.8, 4) is 0 Å². The van der Waals surface area contributed by atoms with Gasteiger partial charge in [-0.2, -0.15) is 4.98 Å². The molecule has 78 valence electrons. The van der Waals surface area contributed by atoms with Crippen molar-refractivity contribution in [3.05, 3.63) is 6.33 Å². The van der Waals surface area contributed by atoms with E-state index in [4.69, 9.17) is 0 Å². The summed E-state index contributed by atoms with van der Waals surface area (Å²) >= 11 is 0. The Hall–Kier alpha value is -1.39. The minimum absolute atomic E-state index is 0.323. The fraction of sp³-hybridized carbons (Fsp3) is 0.667. The smallest absolute Gasteiger partial charge is 0.227 e. The lowest BCUT2D eigenvalue weighted by atomic mass is 10.4. The molecule has 0 aliphatic carbocycles. The predicted molar refractivity (Wildman–Crippen MR) is 57.3 cm³/mol. The first-order valence-electron chi connectivity index (χ1n) is 4.80. The highest BCUT2D eigenvalue weighted by Gasteiger charge is 2.02. The molecule has 2 N–H and O–H groups in total. The van der Waals surface area contributed by atoms with E-state index in [9.17, 15) is 0 Å². The normalized spacial score (nSPS) is 10.7. The number of aromatic nitrogens is 3. The predicted octanol–water partition coefficient (Wildman–Crippen LogP) is 1.51. The molecule has 0 aliphatic rings. The topological polar surface area (TPSA) is 62.7 Å². The van der Waals surface area contributed by atoms with E-state index in [1.807, 2.05) is 27.7 Å². The Labute approximate surface area is 84.4 Å². The van der Waals surface area contributed by atoms with Gasteiger partial charge in [-0.3, -0.25) is 0 Å². The standard InChI is InChI=1S/C9H17N5/c1-6(2)12-8-10-5-11-9(14-8)13-7(3)4/h5-7H,1-4H3,(H2,10,11,12,13,14). The van der Waals surface area contributed by atoms with Crippen LogP contribution >= 0.6 is 0 Å². The lowest BCUT2D eigenvalue weighted by Gasteiger charge is -2.10. The van der Waals surface area contributed by atoms with Gasteiger partial charge in [-0.15, -0.1) is 0 Å². The van der Waals surface area contributed by atoms with E-state index in [2.05, 4.69) is 25.6 Å². The summed E-state index contributed by atoms with van der Waals surface area (Å²) < 4.78 is 0. The van der Waals surface area contributed by atoms with Crippen molar-refractivity contribution in [3.63, 3.8) is 0 Å². The van der Waals surface area contributed by atoms with E-state index in [-0.39, 0.29) is 0 Å². The molecule has 0 radical (unpaired) electrons. The molecule has 0 fully saturated rings. The number of anilines is 2. The van der Waals surface area contributed by atoms with Gasteiger partial charge < -0.3 is 10.6 Å². The summed E-state index contributed by atoms with van der Waals surface area (Å²) in [6.45, 7) is 8.16. The van der Waals surface area contributed by atoms with Gasteiger partial charge >= 0.3 is 0 Å². The summed E-state index contributed by atoms with van der Waals surface area (Å²) in [7, 11) is 0. The maximum atomic E-state index is 4.21. The Morgan fingerprint density at radius 2 is 1.36 bits per heavy atom. The molecule has 0 spiro atoms. The quantitative estimate of drug-likeness (QED) is 0.762. The molecule has 0 unspecified atom stereocenters. The van der Waals surface area contributed by atoms with Crippen molar-refractivity contribution in [2.24, 2.45) is 0 Å². The van der Waals surface area contributed by atoms with E-state index in [0.29, 0.717) is 24.0 Å². The molecule has 1 aromatic rings. The number of nitrogens with one attached hydrogen (secondary N) is 2. The highest BCUT2D eigenvalue weighted by atomic mass is 15.2. The van der Waals surface area contributed by atoms with E-state index < -0.39 is 0 Å². The number of hydrogen-bond donors (Lipinski definition) is 2. The van der Waals surface area contributed by atoms with Crippen molar-refractivity contribution < 1.29 is 0 Å². The van der Waals surface area contributed by atoms with Gasteiger partial charge in [-0.05, 0) is 27.7 Å². The van der Waals surface area contributed by atoms with Crippen molar-refractivity contribution in [2.75, 3.05) is 10.6 Å². The molecule has 0 atom stereocenters. The second-order valence-corrected chi connectivity index (χ2v) is 3.73. The number of rotatable bonds is 4. The Morgan fingerprint density at radius 1 is 0.929 bits per heavy atom. The molecule has 1 aromatic heterocycles. The molecule has 0 bridgehead atoms. The molecule has 0 aliphatic heterocycles. The van der Waals surface area contributed by atoms with Gasteiger partial charge in [0.15, 0.2) is 0 Å². The summed E-state index contributed by atoms with van der Waals surface area (Å²) in [6.07, 6.45) is 1.50. The van der Waals surface area contributed by atoms with Gasteiger partial charge in [-0.25, -0.2) is 9.97 Å². The zero-order valence-electron chi connectivity index (χ0n) is 9.07. The Kier molecular flexibility index (Phi) is 3.62. The summed E-state index contributed by atoms with van der Waals surface area (Å²) in [5.41, 5.74) is 0. The van der Waals surface area contributed by atoms with Crippen molar-refractivity contribution >= 4 is 11.9 Å². The van der Waals surface area contributed by atoms with E-state index in [0.717, 1.165) is 0 Å². The molecular weight excluding hydrogens is 178 g/mol. The van der Waals surface area contributed by atoms with Crippen LogP contribution in [-0.4, -0.2) is 27.0 Å². The van der Waals surface area contributed by atoms with Gasteiger partial charge in [0, 0.05) is 12.1 Å². The first-order chi connectivity index (χ1) is 6.58. The van der Waals surface area contributed by atoms with Crippen LogP contribution in [-0.2, 0) is 0 Å². The second-order valence-electron chi connectivity index (χ2n) is 3.73. The first kappa shape index (κ1) is 10.7. The molecule has 5 nitrogen and oxygen atoms in total. The third-order valence-electron chi connectivity index (χ3n) is 1.41. The SMILES string of the molecule is CC(C)Nc1ncnc(NC(C)C)n1. The molecule has 5 heteroatoms. The summed E-state index contributed by atoms with van der Waals surface area (Å²) in [5, 5.41) is 6.23. The molecule has 1 rings (SSSR count). The van der Waals surface area contributed by atoms with Crippen LogP contribution in [0.3, 0.4) is 0 Å². The largest absolute Gasteiger partial charge is 0.352 e. The van der Waals surface area contributed by atoms with Crippen molar-refractivity contribution in [2.45, 2.75) is 39.8 Å². The Morgan fingerprint density at radius 3 is 1.71 bits per heavy atom. The highest BCUT2D eigenvalue weighted by Crippen LogP contribution is 2.04. The van der Waals surface area contributed by atoms with Crippen LogP contribution in [0.2, 0.25) is 0 Å². The zero-order chi connectivity index (χ0) is 10.6. The van der Waals surface area contributed by atoms with Gasteiger partial charge in [0.25, 0.3) is 0 Å². The maximum absolute atomic E-state index is 4.21. The Bertz CT molecular complexity index is 259. The van der Waals surface area contributed by atoms with Gasteiger partial charge in [0.2, 0.25) is 11.9 Å². The van der Waals surface area contributed by atoms with E-state index in [1.165, 1.54) is 6.33 Å². The summed E-state index contributed by atoms with van der Waals surface area (Å²) in [4.78, 5) is 12.2. The number of hydrogen-bond acceptors (Lipinski definition) is 5. The lowest BCUT2D eigenvalue weighted by Crippen LogP contribution is -2.16. The minimum atomic E-state index is 0.323. The maximum Gasteiger partial charge on any atom is 0.227 e. The fourth-order valence-electron chi connectivity index (χ4n) is 0.952. The molecule has 0 aromatic carbocycles. The van der Waals surface area contributed by atoms with Gasteiger partial charge in [0.1, 0.15) is 6.33 Å². The van der Waals surface area contributed by atoms with Crippen molar-refractivity contribution in [1.29, 1.82) is 0 Å². The molecule has 0 saturated heterocycles. The van der Waals surface area contributed by atoms with Crippen LogP contribution in [0.1, 0.15) is 27.7 Å². The molecule has 1 heterocycles. The third kappa shape index (κ3) is 3.55. The monoisotopic (exact) mass is 195 g/mol. The van der Waals surface area contributed by atoms with Gasteiger partial charge in [0.05, 0.1) is 0 Å². The molecule has 14 heavy (non-hydrogen) atoms. The van der Waals surface area contributed by atoms with E-state index in [1.54, 1.807) is 0 Å². The molecule has 0 amide bonds. The van der Waals surface area contributed by atoms with Crippen LogP contribution in [0.15, 0.2) is 6.33 Å². The minimum Gasteiger partial charge on any atom is -0.352 e. The van der Waals surface area contributed by atoms with Crippen LogP contribution in [0, 0.1) is 0 Å². The third-order valence-corrected chi connectivity index (χ3v) is 1.41. The highest BCUT2D eigenvalue weighted by molar-refractivity contribution is 5.33. The summed E-state index contributed by atoms with van der Waals surface area (Å²) in [5.74, 6) is 1.22. The first-order valence-corrected chi connectivity index (χ1v) is 4.80. The van der Waals surface area contributed by atoms with Crippen LogP contribution in [0.5, 0.6) is 0 Å². The fourth-order valence-corrected chi connectivity index (χ4v) is 0.952. The Balaban J connectivity index is 2.68. The van der Waals surface area contributed by atoms with Gasteiger partial charge in [-0.1, -0.05) is 0 Å². The molecule has 0 saturated carbocycles. The average Bonchev–Trinajstić information content (AvgIpc) is 2.01. The average molecular weight is 195 g/mol. The van der Waals surface area contributed by atoms with Crippen LogP contribution in [0.25, 0.3) is 0 Å². The van der Waals surface area contributed by atoms with Crippen LogP contribution in [0.4, 0.5) is 11.9 Å². The second kappa shape index (κ2) is 4.74. The zero-order valence-corrected chi connectivity index (χ0v) is 9.07.